The molecule has 7 heteroatoms. The fourth-order valence-corrected chi connectivity index (χ4v) is 3.94. The normalized spacial score (nSPS) is 12.7. The zero-order valence-corrected chi connectivity index (χ0v) is 20.1. The maximum atomic E-state index is 14.4. The molecule has 0 amide bonds. The van der Waals surface area contributed by atoms with Gasteiger partial charge in [0.05, 0.1) is 24.0 Å². The molecule has 0 saturated carbocycles. The van der Waals surface area contributed by atoms with Gasteiger partial charge in [-0.3, -0.25) is 0 Å². The molecule has 35 heavy (non-hydrogen) atoms. The van der Waals surface area contributed by atoms with Crippen LogP contribution >= 0.6 is 23.2 Å². The highest BCUT2D eigenvalue weighted by Crippen LogP contribution is 2.35. The van der Waals surface area contributed by atoms with Crippen molar-refractivity contribution in [3.05, 3.63) is 120 Å². The topological polar surface area (TPSA) is 27.7 Å². The summed E-state index contributed by atoms with van der Waals surface area (Å²) in [6.07, 6.45) is -1.25. The number of ether oxygens (including phenoxy) is 3. The highest BCUT2D eigenvalue weighted by molar-refractivity contribution is 6.18. The molecule has 3 nitrogen and oxygen atoms in total. The average Bonchev–Trinajstić information content (AvgIpc) is 2.89. The van der Waals surface area contributed by atoms with Gasteiger partial charge in [-0.2, -0.15) is 0 Å². The van der Waals surface area contributed by atoms with Gasteiger partial charge in [0.2, 0.25) is 0 Å². The molecule has 2 atom stereocenters. The molecule has 0 heterocycles. The number of para-hydroxylation sites is 2. The second-order valence-corrected chi connectivity index (χ2v) is 8.25. The average molecular weight is 515 g/mol. The third-order valence-electron chi connectivity index (χ3n) is 5.20. The van der Waals surface area contributed by atoms with Gasteiger partial charge in [-0.05, 0) is 59.7 Å². The van der Waals surface area contributed by atoms with Gasteiger partial charge in [0.25, 0.3) is 0 Å². The summed E-state index contributed by atoms with van der Waals surface area (Å²) in [6.45, 7) is 0. The molecule has 0 saturated heterocycles. The van der Waals surface area contributed by atoms with Crippen molar-refractivity contribution in [3.8, 4) is 23.0 Å². The van der Waals surface area contributed by atoms with Crippen molar-refractivity contribution >= 4 is 23.2 Å². The number of hydrogen-bond donors (Lipinski definition) is 0. The lowest BCUT2D eigenvalue weighted by Crippen LogP contribution is -2.14. The van der Waals surface area contributed by atoms with E-state index in [0.717, 1.165) is 0 Å². The minimum absolute atomic E-state index is 0.0511. The molecule has 0 bridgehead atoms. The van der Waals surface area contributed by atoms with Crippen molar-refractivity contribution in [2.24, 2.45) is 0 Å². The molecule has 4 aromatic rings. The third-order valence-corrected chi connectivity index (χ3v) is 5.77. The number of rotatable bonds is 10. The quantitative estimate of drug-likeness (QED) is 0.198. The number of benzene rings is 4. The molecule has 0 aliphatic rings. The Hall–Kier alpha value is -3.12. The van der Waals surface area contributed by atoms with E-state index in [4.69, 9.17) is 37.4 Å². The Morgan fingerprint density at radius 1 is 0.571 bits per heavy atom. The molecule has 0 fully saturated rings. The van der Waals surface area contributed by atoms with Crippen LogP contribution in [0.5, 0.6) is 23.0 Å². The van der Waals surface area contributed by atoms with Crippen LogP contribution in [0.15, 0.2) is 97.1 Å². The van der Waals surface area contributed by atoms with E-state index in [9.17, 15) is 8.78 Å². The van der Waals surface area contributed by atoms with Gasteiger partial charge in [-0.25, -0.2) is 8.78 Å². The highest BCUT2D eigenvalue weighted by Gasteiger charge is 2.22. The molecule has 4 rings (SSSR count). The largest absolute Gasteiger partial charge is 0.454 e. The van der Waals surface area contributed by atoms with E-state index in [1.165, 1.54) is 12.1 Å². The summed E-state index contributed by atoms with van der Waals surface area (Å²) >= 11 is 12.4. The van der Waals surface area contributed by atoms with Crippen LogP contribution in [0.1, 0.15) is 23.3 Å². The van der Waals surface area contributed by atoms with Crippen molar-refractivity contribution in [1.29, 1.82) is 0 Å². The lowest BCUT2D eigenvalue weighted by molar-refractivity contribution is 0.00967. The van der Waals surface area contributed by atoms with E-state index in [1.807, 2.05) is 12.1 Å². The van der Waals surface area contributed by atoms with Crippen LogP contribution in [-0.2, 0) is 4.74 Å². The van der Waals surface area contributed by atoms with Gasteiger partial charge in [0.1, 0.15) is 11.5 Å². The van der Waals surface area contributed by atoms with E-state index in [-0.39, 0.29) is 23.3 Å². The number of alkyl halides is 2. The molecule has 180 valence electrons. The summed E-state index contributed by atoms with van der Waals surface area (Å²) in [6, 6.07) is 26.7. The van der Waals surface area contributed by atoms with Crippen LogP contribution in [0.2, 0.25) is 0 Å². The fraction of sp³-hybridized carbons (Fsp3) is 0.143. The first-order valence-electron chi connectivity index (χ1n) is 10.9. The monoisotopic (exact) mass is 514 g/mol. The molecule has 0 aliphatic heterocycles. The van der Waals surface area contributed by atoms with Crippen molar-refractivity contribution in [2.75, 3.05) is 11.8 Å². The van der Waals surface area contributed by atoms with Crippen molar-refractivity contribution in [2.45, 2.75) is 12.2 Å². The Kier molecular flexibility index (Phi) is 8.59. The summed E-state index contributed by atoms with van der Waals surface area (Å²) in [4.78, 5) is 0. The van der Waals surface area contributed by atoms with Gasteiger partial charge in [0.15, 0.2) is 23.1 Å². The van der Waals surface area contributed by atoms with Crippen LogP contribution in [0.3, 0.4) is 0 Å². The van der Waals surface area contributed by atoms with Crippen molar-refractivity contribution in [1.82, 2.24) is 0 Å². The Morgan fingerprint density at radius 3 is 1.34 bits per heavy atom. The first-order chi connectivity index (χ1) is 17.1. The van der Waals surface area contributed by atoms with Crippen LogP contribution in [-0.4, -0.2) is 11.8 Å². The van der Waals surface area contributed by atoms with Crippen molar-refractivity contribution in [3.63, 3.8) is 0 Å². The predicted molar refractivity (Wildman–Crippen MR) is 134 cm³/mol. The first kappa shape index (κ1) is 25.0. The van der Waals surface area contributed by atoms with Crippen LogP contribution < -0.4 is 9.47 Å². The first-order valence-corrected chi connectivity index (χ1v) is 12.0. The summed E-state index contributed by atoms with van der Waals surface area (Å²) < 4.78 is 46.4. The number of halogens is 4. The molecule has 4 aromatic carbocycles. The van der Waals surface area contributed by atoms with Crippen molar-refractivity contribution < 1.29 is 23.0 Å². The highest BCUT2D eigenvalue weighted by atomic mass is 35.5. The Labute approximate surface area is 212 Å². The lowest BCUT2D eigenvalue weighted by atomic mass is 10.1. The zero-order valence-electron chi connectivity index (χ0n) is 18.5. The summed E-state index contributed by atoms with van der Waals surface area (Å²) in [5.74, 6) is 0.245. The SMILES string of the molecule is Fc1ccc(C(CCl)OC(CCl)c2ccc(F)c(Oc3ccccc3)c2)cc1Oc1ccccc1. The standard InChI is InChI=1S/C28H22Cl2F2O3/c29-17-27(19-11-13-23(31)25(15-19)33-21-7-3-1-4-8-21)35-28(18-30)20-12-14-24(32)26(16-20)34-22-9-5-2-6-10-22/h1-16,27-28H,17-18H2. The second-order valence-electron chi connectivity index (χ2n) is 7.63. The van der Waals surface area contributed by atoms with Crippen LogP contribution in [0.4, 0.5) is 8.78 Å². The molecular weight excluding hydrogens is 493 g/mol. The Balaban J connectivity index is 1.55. The second kappa shape index (κ2) is 12.0. The van der Waals surface area contributed by atoms with E-state index in [1.54, 1.807) is 72.8 Å². The maximum absolute atomic E-state index is 14.4. The molecule has 0 aliphatic carbocycles. The smallest absolute Gasteiger partial charge is 0.165 e. The van der Waals surface area contributed by atoms with E-state index >= 15 is 0 Å². The minimum Gasteiger partial charge on any atom is -0.454 e. The van der Waals surface area contributed by atoms with Gasteiger partial charge < -0.3 is 14.2 Å². The van der Waals surface area contributed by atoms with Crippen LogP contribution in [0.25, 0.3) is 0 Å². The summed E-state index contributed by atoms with van der Waals surface area (Å²) in [5, 5.41) is 0. The molecule has 0 spiro atoms. The lowest BCUT2D eigenvalue weighted by Gasteiger charge is -2.24. The van der Waals surface area contributed by atoms with E-state index < -0.39 is 23.8 Å². The number of hydrogen-bond acceptors (Lipinski definition) is 3. The van der Waals surface area contributed by atoms with E-state index in [2.05, 4.69) is 0 Å². The van der Waals surface area contributed by atoms with Gasteiger partial charge in [-0.15, -0.1) is 23.2 Å². The molecule has 0 N–H and O–H groups in total. The summed E-state index contributed by atoms with van der Waals surface area (Å²) in [7, 11) is 0. The van der Waals surface area contributed by atoms with Gasteiger partial charge >= 0.3 is 0 Å². The van der Waals surface area contributed by atoms with Gasteiger partial charge in [0, 0.05) is 0 Å². The minimum atomic E-state index is -0.623. The van der Waals surface area contributed by atoms with Gasteiger partial charge in [-0.1, -0.05) is 48.5 Å². The third kappa shape index (κ3) is 6.51. The van der Waals surface area contributed by atoms with E-state index in [0.29, 0.717) is 22.6 Å². The van der Waals surface area contributed by atoms with Crippen LogP contribution in [0, 0.1) is 11.6 Å². The Morgan fingerprint density at radius 2 is 0.971 bits per heavy atom. The zero-order chi connectivity index (χ0) is 24.6. The summed E-state index contributed by atoms with van der Waals surface area (Å²) in [5.41, 5.74) is 1.23. The molecule has 0 radical (unpaired) electrons. The molecule has 2 unspecified atom stereocenters. The fourth-order valence-electron chi connectivity index (χ4n) is 3.43. The maximum Gasteiger partial charge on any atom is 0.165 e. The molecular formula is C28H22Cl2F2O3. The molecule has 0 aromatic heterocycles. The predicted octanol–water partition coefficient (Wildman–Crippen LogP) is 8.83. The Bertz CT molecular complexity index is 1140.